The lowest BCUT2D eigenvalue weighted by Crippen LogP contribution is -2.12. The summed E-state index contributed by atoms with van der Waals surface area (Å²) in [6.45, 7) is 0. The van der Waals surface area contributed by atoms with Gasteiger partial charge in [0.2, 0.25) is 11.0 Å². The molecule has 154 valence electrons. The number of methoxy groups -OCH3 is 2. The first-order chi connectivity index (χ1) is 14.6. The fraction of sp³-hybridized carbons (Fsp3) is 0.238. The van der Waals surface area contributed by atoms with Crippen molar-refractivity contribution in [3.63, 3.8) is 0 Å². The van der Waals surface area contributed by atoms with E-state index in [1.807, 2.05) is 30.3 Å². The van der Waals surface area contributed by atoms with Crippen LogP contribution >= 0.6 is 23.1 Å². The third kappa shape index (κ3) is 5.72. The average molecular weight is 441 g/mol. The zero-order valence-electron chi connectivity index (χ0n) is 16.5. The summed E-state index contributed by atoms with van der Waals surface area (Å²) >= 11 is 2.87. The van der Waals surface area contributed by atoms with Gasteiger partial charge in [-0.25, -0.2) is 0 Å². The van der Waals surface area contributed by atoms with E-state index in [1.165, 1.54) is 23.1 Å². The number of aromatic nitrogens is 2. The summed E-state index contributed by atoms with van der Waals surface area (Å²) in [7, 11) is 3.17. The molecular weight excluding hydrogens is 420 g/mol. The molecule has 0 aliphatic heterocycles. The largest absolute Gasteiger partial charge is 0.493 e. The number of anilines is 1. The second-order valence-corrected chi connectivity index (χ2v) is 8.37. The maximum atomic E-state index is 12.3. The quantitative estimate of drug-likeness (QED) is 0.391. The number of para-hydroxylation sites is 1. The van der Waals surface area contributed by atoms with Crippen LogP contribution in [0.2, 0.25) is 0 Å². The van der Waals surface area contributed by atoms with Crippen LogP contribution in [0.5, 0.6) is 11.5 Å². The van der Waals surface area contributed by atoms with E-state index in [9.17, 15) is 4.79 Å². The average Bonchev–Trinajstić information content (AvgIpc) is 3.23. The Labute approximate surface area is 183 Å². The highest BCUT2D eigenvalue weighted by molar-refractivity contribution is 8.00. The summed E-state index contributed by atoms with van der Waals surface area (Å²) < 4.78 is 11.5. The van der Waals surface area contributed by atoms with Gasteiger partial charge in [0.15, 0.2) is 15.8 Å². The van der Waals surface area contributed by atoms with Gasteiger partial charge in [0.1, 0.15) is 0 Å². The van der Waals surface area contributed by atoms with Crippen molar-refractivity contribution in [1.82, 2.24) is 10.2 Å². The number of carbonyl (C=O) groups excluding carboxylic acids is 1. The highest BCUT2D eigenvalue weighted by Gasteiger charge is 2.13. The molecule has 0 bridgehead atoms. The smallest absolute Gasteiger partial charge is 0.226 e. The predicted molar refractivity (Wildman–Crippen MR) is 117 cm³/mol. The fourth-order valence-electron chi connectivity index (χ4n) is 2.72. The van der Waals surface area contributed by atoms with E-state index in [0.29, 0.717) is 34.4 Å². The first-order valence-electron chi connectivity index (χ1n) is 9.08. The van der Waals surface area contributed by atoms with Gasteiger partial charge in [0.05, 0.1) is 25.9 Å². The molecule has 0 radical (unpaired) electrons. The molecule has 0 aliphatic rings. The standard InChI is InChI=1S/C21H20N4O3S2/c1-27-17-5-3-4-16(19(17)28-2)10-11-18(26)23-20-24-25-21(30-20)29-13-15-8-6-14(12-22)7-9-15/h3-9H,10-11,13H2,1-2H3,(H,23,24,26). The van der Waals surface area contributed by atoms with Gasteiger partial charge < -0.3 is 14.8 Å². The van der Waals surface area contributed by atoms with Crippen LogP contribution in [-0.4, -0.2) is 30.3 Å². The van der Waals surface area contributed by atoms with Gasteiger partial charge in [0, 0.05) is 12.2 Å². The summed E-state index contributed by atoms with van der Waals surface area (Å²) in [5.74, 6) is 1.86. The van der Waals surface area contributed by atoms with Gasteiger partial charge >= 0.3 is 0 Å². The lowest BCUT2D eigenvalue weighted by Gasteiger charge is -2.12. The monoisotopic (exact) mass is 440 g/mol. The molecule has 0 aliphatic carbocycles. The van der Waals surface area contributed by atoms with Crippen LogP contribution in [0.4, 0.5) is 5.13 Å². The van der Waals surface area contributed by atoms with Crippen LogP contribution in [0.25, 0.3) is 0 Å². The van der Waals surface area contributed by atoms with E-state index in [2.05, 4.69) is 21.6 Å². The molecule has 0 saturated heterocycles. The maximum Gasteiger partial charge on any atom is 0.226 e. The van der Waals surface area contributed by atoms with Gasteiger partial charge in [-0.2, -0.15) is 5.26 Å². The number of thioether (sulfide) groups is 1. The SMILES string of the molecule is COc1cccc(CCC(=O)Nc2nnc(SCc3ccc(C#N)cc3)s2)c1OC. The number of carbonyl (C=O) groups is 1. The van der Waals surface area contributed by atoms with Crippen LogP contribution in [0.3, 0.4) is 0 Å². The van der Waals surface area contributed by atoms with E-state index < -0.39 is 0 Å². The molecule has 1 N–H and O–H groups in total. The fourth-order valence-corrected chi connectivity index (χ4v) is 4.44. The first kappa shape index (κ1) is 21.6. The molecule has 2 aromatic carbocycles. The summed E-state index contributed by atoms with van der Waals surface area (Å²) in [4.78, 5) is 12.3. The number of amides is 1. The zero-order chi connectivity index (χ0) is 21.3. The molecular formula is C21H20N4O3S2. The number of ether oxygens (including phenoxy) is 2. The van der Waals surface area contributed by atoms with Crippen molar-refractivity contribution in [1.29, 1.82) is 5.26 Å². The van der Waals surface area contributed by atoms with Crippen LogP contribution in [0, 0.1) is 11.3 Å². The molecule has 0 fully saturated rings. The lowest BCUT2D eigenvalue weighted by molar-refractivity contribution is -0.116. The first-order valence-corrected chi connectivity index (χ1v) is 10.9. The van der Waals surface area contributed by atoms with E-state index in [1.54, 1.807) is 26.4 Å². The molecule has 0 unspecified atom stereocenters. The summed E-state index contributed by atoms with van der Waals surface area (Å²) in [5.41, 5.74) is 2.63. The van der Waals surface area contributed by atoms with Gasteiger partial charge in [-0.15, -0.1) is 10.2 Å². The molecule has 30 heavy (non-hydrogen) atoms. The highest BCUT2D eigenvalue weighted by Crippen LogP contribution is 2.32. The Kier molecular flexibility index (Phi) is 7.65. The number of aryl methyl sites for hydroxylation is 1. The Morgan fingerprint density at radius 1 is 1.17 bits per heavy atom. The summed E-state index contributed by atoms with van der Waals surface area (Å²) in [5, 5.41) is 20.3. The van der Waals surface area contributed by atoms with Gasteiger partial charge in [-0.3, -0.25) is 4.79 Å². The molecule has 3 rings (SSSR count). The van der Waals surface area contributed by atoms with Gasteiger partial charge in [-0.05, 0) is 35.7 Å². The summed E-state index contributed by atoms with van der Waals surface area (Å²) in [6.07, 6.45) is 0.808. The Balaban J connectivity index is 1.50. The molecule has 0 atom stereocenters. The van der Waals surface area contributed by atoms with Crippen LogP contribution in [0.1, 0.15) is 23.1 Å². The normalized spacial score (nSPS) is 10.3. The minimum atomic E-state index is -0.139. The second kappa shape index (κ2) is 10.6. The van der Waals surface area contributed by atoms with E-state index in [4.69, 9.17) is 14.7 Å². The van der Waals surface area contributed by atoms with E-state index >= 15 is 0 Å². The highest BCUT2D eigenvalue weighted by atomic mass is 32.2. The molecule has 3 aromatic rings. The van der Waals surface area contributed by atoms with E-state index in [-0.39, 0.29) is 12.3 Å². The Morgan fingerprint density at radius 2 is 1.97 bits per heavy atom. The second-order valence-electron chi connectivity index (χ2n) is 6.17. The van der Waals surface area contributed by atoms with E-state index in [0.717, 1.165) is 15.5 Å². The minimum Gasteiger partial charge on any atom is -0.493 e. The third-order valence-corrected chi connectivity index (χ3v) is 6.25. The Morgan fingerprint density at radius 3 is 2.67 bits per heavy atom. The van der Waals surface area contributed by atoms with Crippen molar-refractivity contribution in [3.8, 4) is 17.6 Å². The van der Waals surface area contributed by atoms with Crippen molar-refractivity contribution in [2.24, 2.45) is 0 Å². The number of nitrogens with one attached hydrogen (secondary N) is 1. The molecule has 7 nitrogen and oxygen atoms in total. The minimum absolute atomic E-state index is 0.139. The Hall–Kier alpha value is -3.09. The summed E-state index contributed by atoms with van der Waals surface area (Å²) in [6, 6.07) is 15.1. The van der Waals surface area contributed by atoms with Crippen LogP contribution in [-0.2, 0) is 17.0 Å². The molecule has 1 heterocycles. The number of nitriles is 1. The molecule has 1 aromatic heterocycles. The predicted octanol–water partition coefficient (Wildman–Crippen LogP) is 4.29. The molecule has 0 spiro atoms. The molecule has 0 saturated carbocycles. The zero-order valence-corrected chi connectivity index (χ0v) is 18.2. The van der Waals surface area contributed by atoms with Crippen LogP contribution in [0.15, 0.2) is 46.8 Å². The van der Waals surface area contributed by atoms with Gasteiger partial charge in [0.25, 0.3) is 0 Å². The van der Waals surface area contributed by atoms with Crippen molar-refractivity contribution in [2.45, 2.75) is 22.9 Å². The number of hydrogen-bond donors (Lipinski definition) is 1. The van der Waals surface area contributed by atoms with Crippen molar-refractivity contribution >= 4 is 34.1 Å². The van der Waals surface area contributed by atoms with Crippen molar-refractivity contribution < 1.29 is 14.3 Å². The molecule has 1 amide bonds. The van der Waals surface area contributed by atoms with Crippen LogP contribution < -0.4 is 14.8 Å². The van der Waals surface area contributed by atoms with Crippen molar-refractivity contribution in [3.05, 3.63) is 59.2 Å². The number of benzene rings is 2. The topological polar surface area (TPSA) is 97.1 Å². The number of nitrogens with zero attached hydrogens (tertiary/aromatic N) is 3. The third-order valence-electron chi connectivity index (χ3n) is 4.20. The lowest BCUT2D eigenvalue weighted by atomic mass is 10.1. The van der Waals surface area contributed by atoms with Gasteiger partial charge in [-0.1, -0.05) is 47.4 Å². The Bertz CT molecular complexity index is 1050. The number of hydrogen-bond acceptors (Lipinski definition) is 8. The van der Waals surface area contributed by atoms with Crippen molar-refractivity contribution in [2.75, 3.05) is 19.5 Å². The number of rotatable bonds is 9. The molecule has 9 heteroatoms. The maximum absolute atomic E-state index is 12.3.